The van der Waals surface area contributed by atoms with E-state index in [2.05, 4.69) is 24.0 Å². The van der Waals surface area contributed by atoms with E-state index in [0.29, 0.717) is 11.7 Å². The quantitative estimate of drug-likeness (QED) is 0.816. The fourth-order valence-corrected chi connectivity index (χ4v) is 1.86. The molecule has 1 aromatic heterocycles. The van der Waals surface area contributed by atoms with Gasteiger partial charge in [-0.15, -0.1) is 5.10 Å². The van der Waals surface area contributed by atoms with Gasteiger partial charge in [0.1, 0.15) is 11.3 Å². The summed E-state index contributed by atoms with van der Waals surface area (Å²) in [5, 5.41) is 9.20. The Bertz CT molecular complexity index is 538. The third-order valence-corrected chi connectivity index (χ3v) is 2.79. The first kappa shape index (κ1) is 11.6. The van der Waals surface area contributed by atoms with Crippen molar-refractivity contribution in [1.82, 2.24) is 10.2 Å². The van der Waals surface area contributed by atoms with E-state index in [4.69, 9.17) is 9.47 Å². The van der Waals surface area contributed by atoms with Crippen molar-refractivity contribution in [3.8, 4) is 11.5 Å². The van der Waals surface area contributed by atoms with E-state index in [9.17, 15) is 0 Å². The van der Waals surface area contributed by atoms with Crippen LogP contribution in [0, 0.1) is 0 Å². The zero-order chi connectivity index (χ0) is 12.4. The van der Waals surface area contributed by atoms with Gasteiger partial charge in [-0.25, -0.2) is 0 Å². The van der Waals surface area contributed by atoms with Crippen LogP contribution in [0.15, 0.2) is 18.3 Å². The van der Waals surface area contributed by atoms with Gasteiger partial charge in [0.15, 0.2) is 5.75 Å². The molecule has 0 saturated carbocycles. The Kier molecular flexibility index (Phi) is 3.13. The number of rotatable bonds is 3. The molecule has 4 nitrogen and oxygen atoms in total. The molecule has 90 valence electrons. The van der Waals surface area contributed by atoms with Crippen molar-refractivity contribution in [3.63, 3.8) is 0 Å². The van der Waals surface area contributed by atoms with E-state index in [0.717, 1.165) is 22.2 Å². The largest absolute Gasteiger partial charge is 0.497 e. The van der Waals surface area contributed by atoms with E-state index < -0.39 is 0 Å². The number of benzene rings is 1. The van der Waals surface area contributed by atoms with Crippen LogP contribution in [0.3, 0.4) is 0 Å². The zero-order valence-electron chi connectivity index (χ0n) is 10.5. The Hall–Kier alpha value is -1.84. The summed E-state index contributed by atoms with van der Waals surface area (Å²) in [4.78, 5) is 0. The summed E-state index contributed by atoms with van der Waals surface area (Å²) in [6.07, 6.45) is 1.80. The highest BCUT2D eigenvalue weighted by Crippen LogP contribution is 2.33. The van der Waals surface area contributed by atoms with Gasteiger partial charge in [0.2, 0.25) is 0 Å². The number of methoxy groups -OCH3 is 2. The molecular weight excluding hydrogens is 216 g/mol. The maximum Gasteiger partial charge on any atom is 0.150 e. The Balaban J connectivity index is 2.79. The van der Waals surface area contributed by atoms with Crippen molar-refractivity contribution in [1.29, 1.82) is 0 Å². The number of hydrogen-bond donors (Lipinski definition) is 0. The van der Waals surface area contributed by atoms with Crippen LogP contribution in [0.1, 0.15) is 25.3 Å². The molecule has 1 aromatic carbocycles. The summed E-state index contributed by atoms with van der Waals surface area (Å²) in [6, 6.07) is 3.79. The van der Waals surface area contributed by atoms with Crippen molar-refractivity contribution in [3.05, 3.63) is 23.9 Å². The van der Waals surface area contributed by atoms with E-state index in [1.54, 1.807) is 20.4 Å². The maximum atomic E-state index is 5.32. The van der Waals surface area contributed by atoms with Crippen molar-refractivity contribution < 1.29 is 9.47 Å². The lowest BCUT2D eigenvalue weighted by Crippen LogP contribution is -1.97. The van der Waals surface area contributed by atoms with Crippen molar-refractivity contribution in [2.45, 2.75) is 19.8 Å². The van der Waals surface area contributed by atoms with E-state index in [1.165, 1.54) is 0 Å². The van der Waals surface area contributed by atoms with Gasteiger partial charge in [0.25, 0.3) is 0 Å². The highest BCUT2D eigenvalue weighted by molar-refractivity contribution is 5.88. The molecule has 0 N–H and O–H groups in total. The Morgan fingerprint density at radius 3 is 2.47 bits per heavy atom. The number of aromatic nitrogens is 2. The van der Waals surface area contributed by atoms with Crippen LogP contribution in [-0.2, 0) is 0 Å². The maximum absolute atomic E-state index is 5.32. The highest BCUT2D eigenvalue weighted by Gasteiger charge is 2.12. The summed E-state index contributed by atoms with van der Waals surface area (Å²) < 4.78 is 10.6. The average molecular weight is 232 g/mol. The molecule has 0 amide bonds. The van der Waals surface area contributed by atoms with Crippen LogP contribution < -0.4 is 9.47 Å². The molecule has 0 saturated heterocycles. The van der Waals surface area contributed by atoms with Crippen molar-refractivity contribution in [2.75, 3.05) is 14.2 Å². The first-order valence-electron chi connectivity index (χ1n) is 5.54. The normalized spacial score (nSPS) is 10.9. The van der Waals surface area contributed by atoms with E-state index in [1.807, 2.05) is 12.1 Å². The minimum Gasteiger partial charge on any atom is -0.497 e. The third-order valence-electron chi connectivity index (χ3n) is 2.79. The van der Waals surface area contributed by atoms with Crippen LogP contribution in [-0.4, -0.2) is 24.4 Å². The molecule has 0 unspecified atom stereocenters. The first-order chi connectivity index (χ1) is 8.17. The number of hydrogen-bond acceptors (Lipinski definition) is 4. The van der Waals surface area contributed by atoms with E-state index in [-0.39, 0.29) is 0 Å². The van der Waals surface area contributed by atoms with Crippen molar-refractivity contribution >= 4 is 10.9 Å². The second kappa shape index (κ2) is 4.57. The monoisotopic (exact) mass is 232 g/mol. The van der Waals surface area contributed by atoms with Gasteiger partial charge in [0.05, 0.1) is 20.4 Å². The van der Waals surface area contributed by atoms with E-state index >= 15 is 0 Å². The standard InChI is InChI=1S/C13H16N2O2/c1-8(2)11-7-14-15-13-10(11)5-9(16-3)6-12(13)17-4/h5-8H,1-4H3. The topological polar surface area (TPSA) is 44.2 Å². The lowest BCUT2D eigenvalue weighted by atomic mass is 10.0. The minimum atomic E-state index is 0.379. The van der Waals surface area contributed by atoms with Crippen molar-refractivity contribution in [2.24, 2.45) is 0 Å². The second-order valence-corrected chi connectivity index (χ2v) is 4.18. The SMILES string of the molecule is COc1cc(OC)c2nncc(C(C)C)c2c1. The molecule has 2 aromatic rings. The summed E-state index contributed by atoms with van der Waals surface area (Å²) in [5.74, 6) is 1.84. The highest BCUT2D eigenvalue weighted by atomic mass is 16.5. The average Bonchev–Trinajstić information content (AvgIpc) is 2.36. The fraction of sp³-hybridized carbons (Fsp3) is 0.385. The number of ether oxygens (including phenoxy) is 2. The zero-order valence-corrected chi connectivity index (χ0v) is 10.5. The fourth-order valence-electron chi connectivity index (χ4n) is 1.86. The summed E-state index contributed by atoms with van der Waals surface area (Å²) in [5.41, 5.74) is 1.92. The van der Waals surface area contributed by atoms with Crippen LogP contribution in [0.5, 0.6) is 11.5 Å². The van der Waals surface area contributed by atoms with Gasteiger partial charge in [-0.1, -0.05) is 13.8 Å². The summed E-state index contributed by atoms with van der Waals surface area (Å²) in [6.45, 7) is 4.25. The van der Waals surface area contributed by atoms with Gasteiger partial charge < -0.3 is 9.47 Å². The Labute approximate surface area is 101 Å². The molecule has 0 aliphatic heterocycles. The van der Waals surface area contributed by atoms with Gasteiger partial charge >= 0.3 is 0 Å². The molecule has 0 radical (unpaired) electrons. The van der Waals surface area contributed by atoms with Gasteiger partial charge in [-0.3, -0.25) is 0 Å². The second-order valence-electron chi connectivity index (χ2n) is 4.18. The molecule has 2 rings (SSSR count). The third kappa shape index (κ3) is 2.02. The molecular formula is C13H16N2O2. The van der Waals surface area contributed by atoms with Gasteiger partial charge in [0, 0.05) is 11.5 Å². The lowest BCUT2D eigenvalue weighted by Gasteiger charge is -2.12. The first-order valence-corrected chi connectivity index (χ1v) is 5.54. The molecule has 0 fully saturated rings. The van der Waals surface area contributed by atoms with Crippen LogP contribution in [0.4, 0.5) is 0 Å². The molecule has 0 bridgehead atoms. The molecule has 0 aliphatic rings. The van der Waals surface area contributed by atoms with Crippen LogP contribution in [0.25, 0.3) is 10.9 Å². The Morgan fingerprint density at radius 2 is 1.88 bits per heavy atom. The predicted molar refractivity (Wildman–Crippen MR) is 66.7 cm³/mol. The number of fused-ring (bicyclic) bond motifs is 1. The van der Waals surface area contributed by atoms with Crippen LogP contribution >= 0.6 is 0 Å². The van der Waals surface area contributed by atoms with Crippen LogP contribution in [0.2, 0.25) is 0 Å². The lowest BCUT2D eigenvalue weighted by molar-refractivity contribution is 0.397. The summed E-state index contributed by atoms with van der Waals surface area (Å²) >= 11 is 0. The smallest absolute Gasteiger partial charge is 0.150 e. The molecule has 17 heavy (non-hydrogen) atoms. The molecule has 0 spiro atoms. The Morgan fingerprint density at radius 1 is 1.12 bits per heavy atom. The minimum absolute atomic E-state index is 0.379. The molecule has 4 heteroatoms. The van der Waals surface area contributed by atoms with Gasteiger partial charge in [-0.05, 0) is 17.5 Å². The van der Waals surface area contributed by atoms with Gasteiger partial charge in [-0.2, -0.15) is 5.10 Å². The summed E-state index contributed by atoms with van der Waals surface area (Å²) in [7, 11) is 3.27. The molecule has 0 aliphatic carbocycles. The number of nitrogens with zero attached hydrogens (tertiary/aromatic N) is 2. The molecule has 1 heterocycles. The predicted octanol–water partition coefficient (Wildman–Crippen LogP) is 2.77. The molecule has 0 atom stereocenters.